The highest BCUT2D eigenvalue weighted by Crippen LogP contribution is 2.17. The first-order chi connectivity index (χ1) is 12.3. The van der Waals surface area contributed by atoms with E-state index in [2.05, 4.69) is 5.32 Å². The first-order valence-electron chi connectivity index (χ1n) is 9.00. The van der Waals surface area contributed by atoms with E-state index in [4.69, 9.17) is 4.74 Å². The van der Waals surface area contributed by atoms with Gasteiger partial charge in [-0.05, 0) is 37.8 Å². The van der Waals surface area contributed by atoms with Crippen LogP contribution in [0.1, 0.15) is 44.0 Å². The third kappa shape index (κ3) is 4.78. The summed E-state index contributed by atoms with van der Waals surface area (Å²) in [4.78, 5) is 26.9. The Morgan fingerprint density at radius 2 is 1.96 bits per heavy atom. The van der Waals surface area contributed by atoms with E-state index in [-0.39, 0.29) is 17.9 Å². The summed E-state index contributed by atoms with van der Waals surface area (Å²) in [5.41, 5.74) is -0.673. The van der Waals surface area contributed by atoms with Gasteiger partial charge in [0.1, 0.15) is 23.2 Å². The lowest BCUT2D eigenvalue weighted by Crippen LogP contribution is -2.52. The summed E-state index contributed by atoms with van der Waals surface area (Å²) in [5, 5.41) is 2.50. The molecule has 0 spiro atoms. The molecular formula is C19H26F2N2O3. The Morgan fingerprint density at radius 3 is 2.46 bits per heavy atom. The van der Waals surface area contributed by atoms with Crippen LogP contribution in [0.3, 0.4) is 0 Å². The van der Waals surface area contributed by atoms with Crippen LogP contribution >= 0.6 is 0 Å². The highest BCUT2D eigenvalue weighted by atomic mass is 19.1. The van der Waals surface area contributed by atoms with Gasteiger partial charge in [0.2, 0.25) is 5.91 Å². The molecule has 1 aromatic rings. The number of benzene rings is 1. The summed E-state index contributed by atoms with van der Waals surface area (Å²) >= 11 is 0. The van der Waals surface area contributed by atoms with Crippen molar-refractivity contribution in [2.75, 3.05) is 19.7 Å². The Bertz CT molecular complexity index is 625. The number of hydrogen-bond donors (Lipinski definition) is 1. The summed E-state index contributed by atoms with van der Waals surface area (Å²) in [6.45, 7) is 7.01. The number of amides is 2. The molecule has 2 atom stereocenters. The average Bonchev–Trinajstić information content (AvgIpc) is 3.09. The number of hydrogen-bond acceptors (Lipinski definition) is 3. The maximum Gasteiger partial charge on any atom is 0.257 e. The molecule has 1 aliphatic heterocycles. The van der Waals surface area contributed by atoms with E-state index in [0.29, 0.717) is 19.7 Å². The molecule has 1 N–H and O–H groups in total. The van der Waals surface area contributed by atoms with Crippen molar-refractivity contribution in [2.45, 2.75) is 45.8 Å². The molecule has 1 heterocycles. The molecule has 0 bridgehead atoms. The Labute approximate surface area is 152 Å². The number of halogens is 2. The van der Waals surface area contributed by atoms with Crippen molar-refractivity contribution in [1.82, 2.24) is 10.2 Å². The zero-order valence-corrected chi connectivity index (χ0v) is 15.4. The van der Waals surface area contributed by atoms with Gasteiger partial charge < -0.3 is 15.0 Å². The Morgan fingerprint density at radius 1 is 1.31 bits per heavy atom. The summed E-state index contributed by atoms with van der Waals surface area (Å²) < 4.78 is 33.2. The standard InChI is InChI=1S/C19H26F2N2O3/c1-4-23(11-13-7-6-10-26-13)19(25)17(12(2)3)22-18(24)16-14(20)8-5-9-15(16)21/h5,8-9,12-13,17H,4,6-7,10-11H2,1-3H3,(H,22,24)/t13-,17-/m1/s1. The summed E-state index contributed by atoms with van der Waals surface area (Å²) in [7, 11) is 0. The number of rotatable bonds is 7. The van der Waals surface area contributed by atoms with Gasteiger partial charge in [0.15, 0.2) is 0 Å². The molecule has 2 amide bonds. The second kappa shape index (κ2) is 9.07. The summed E-state index contributed by atoms with van der Waals surface area (Å²) in [6, 6.07) is 2.34. The maximum atomic E-state index is 13.8. The van der Waals surface area contributed by atoms with E-state index < -0.39 is 29.1 Å². The highest BCUT2D eigenvalue weighted by molar-refractivity contribution is 5.98. The molecule has 144 valence electrons. The maximum absolute atomic E-state index is 13.8. The van der Waals surface area contributed by atoms with Gasteiger partial charge in [0, 0.05) is 19.7 Å². The van der Waals surface area contributed by atoms with Crippen molar-refractivity contribution < 1.29 is 23.1 Å². The van der Waals surface area contributed by atoms with Crippen LogP contribution < -0.4 is 5.32 Å². The number of carbonyl (C=O) groups excluding carboxylic acids is 2. The SMILES string of the molecule is CCN(C[C@H]1CCCO1)C(=O)[C@H](NC(=O)c1c(F)cccc1F)C(C)C. The molecule has 5 nitrogen and oxygen atoms in total. The highest BCUT2D eigenvalue weighted by Gasteiger charge is 2.31. The van der Waals surface area contributed by atoms with Gasteiger partial charge in [-0.3, -0.25) is 9.59 Å². The predicted octanol–water partition coefficient (Wildman–Crippen LogP) is 2.75. The van der Waals surface area contributed by atoms with E-state index in [1.165, 1.54) is 6.07 Å². The van der Waals surface area contributed by atoms with E-state index in [1.54, 1.807) is 18.7 Å². The van der Waals surface area contributed by atoms with Crippen LogP contribution in [0.4, 0.5) is 8.78 Å². The largest absolute Gasteiger partial charge is 0.376 e. The molecule has 0 aromatic heterocycles. The van der Waals surface area contributed by atoms with Crippen LogP contribution in [-0.4, -0.2) is 48.6 Å². The van der Waals surface area contributed by atoms with Gasteiger partial charge in [-0.15, -0.1) is 0 Å². The lowest BCUT2D eigenvalue weighted by molar-refractivity contribution is -0.135. The molecule has 2 rings (SSSR count). The van der Waals surface area contributed by atoms with Crippen LogP contribution in [0.25, 0.3) is 0 Å². The smallest absolute Gasteiger partial charge is 0.257 e. The third-order valence-electron chi connectivity index (χ3n) is 4.55. The molecule has 0 radical (unpaired) electrons. The van der Waals surface area contributed by atoms with E-state index in [1.807, 2.05) is 6.92 Å². The first-order valence-corrected chi connectivity index (χ1v) is 9.00. The van der Waals surface area contributed by atoms with Gasteiger partial charge in [-0.25, -0.2) is 8.78 Å². The van der Waals surface area contributed by atoms with Crippen molar-refractivity contribution in [2.24, 2.45) is 5.92 Å². The molecule has 1 fully saturated rings. The Hall–Kier alpha value is -2.02. The molecular weight excluding hydrogens is 342 g/mol. The molecule has 0 unspecified atom stereocenters. The minimum absolute atomic E-state index is 0.00794. The second-order valence-electron chi connectivity index (χ2n) is 6.80. The third-order valence-corrected chi connectivity index (χ3v) is 4.55. The predicted molar refractivity (Wildman–Crippen MR) is 93.7 cm³/mol. The molecule has 1 saturated heterocycles. The lowest BCUT2D eigenvalue weighted by Gasteiger charge is -2.30. The fourth-order valence-corrected chi connectivity index (χ4v) is 3.05. The average molecular weight is 368 g/mol. The molecule has 7 heteroatoms. The normalized spacial score (nSPS) is 18.0. The second-order valence-corrected chi connectivity index (χ2v) is 6.80. The topological polar surface area (TPSA) is 58.6 Å². The van der Waals surface area contributed by atoms with Gasteiger partial charge in [0.25, 0.3) is 5.91 Å². The van der Waals surface area contributed by atoms with Crippen LogP contribution in [0.5, 0.6) is 0 Å². The van der Waals surface area contributed by atoms with Crippen molar-refractivity contribution in [3.05, 3.63) is 35.4 Å². The van der Waals surface area contributed by atoms with E-state index in [0.717, 1.165) is 25.0 Å². The van der Waals surface area contributed by atoms with E-state index >= 15 is 0 Å². The molecule has 1 aliphatic rings. The van der Waals surface area contributed by atoms with Gasteiger partial charge in [0.05, 0.1) is 6.10 Å². The fourth-order valence-electron chi connectivity index (χ4n) is 3.05. The molecule has 0 aliphatic carbocycles. The van der Waals surface area contributed by atoms with Gasteiger partial charge in [-0.1, -0.05) is 19.9 Å². The molecule has 26 heavy (non-hydrogen) atoms. The van der Waals surface area contributed by atoms with Crippen molar-refractivity contribution in [1.29, 1.82) is 0 Å². The number of nitrogens with one attached hydrogen (secondary N) is 1. The van der Waals surface area contributed by atoms with Crippen LogP contribution in [0, 0.1) is 17.6 Å². The van der Waals surface area contributed by atoms with Crippen molar-refractivity contribution in [3.63, 3.8) is 0 Å². The van der Waals surface area contributed by atoms with Crippen molar-refractivity contribution in [3.8, 4) is 0 Å². The number of likely N-dealkylation sites (N-methyl/N-ethyl adjacent to an activating group) is 1. The van der Waals surface area contributed by atoms with Crippen LogP contribution in [0.2, 0.25) is 0 Å². The van der Waals surface area contributed by atoms with Gasteiger partial charge in [-0.2, -0.15) is 0 Å². The zero-order valence-electron chi connectivity index (χ0n) is 15.4. The Kier molecular flexibility index (Phi) is 7.08. The number of ether oxygens (including phenoxy) is 1. The van der Waals surface area contributed by atoms with E-state index in [9.17, 15) is 18.4 Å². The number of carbonyl (C=O) groups is 2. The monoisotopic (exact) mass is 368 g/mol. The zero-order chi connectivity index (χ0) is 19.3. The molecule has 0 saturated carbocycles. The van der Waals surface area contributed by atoms with Gasteiger partial charge >= 0.3 is 0 Å². The minimum Gasteiger partial charge on any atom is -0.376 e. The fraction of sp³-hybridized carbons (Fsp3) is 0.579. The number of nitrogens with zero attached hydrogens (tertiary/aromatic N) is 1. The Balaban J connectivity index is 2.13. The van der Waals surface area contributed by atoms with Crippen LogP contribution in [0.15, 0.2) is 18.2 Å². The van der Waals surface area contributed by atoms with Crippen LogP contribution in [-0.2, 0) is 9.53 Å². The van der Waals surface area contributed by atoms with Crippen molar-refractivity contribution >= 4 is 11.8 Å². The summed E-state index contributed by atoms with van der Waals surface area (Å²) in [6.07, 6.45) is 1.85. The summed E-state index contributed by atoms with van der Waals surface area (Å²) in [5.74, 6) is -3.35. The first kappa shape index (κ1) is 20.3. The molecule has 1 aromatic carbocycles. The quantitative estimate of drug-likeness (QED) is 0.805. The minimum atomic E-state index is -0.954. The lowest BCUT2D eigenvalue weighted by atomic mass is 10.0.